The first-order chi connectivity index (χ1) is 9.36. The van der Waals surface area contributed by atoms with Gasteiger partial charge in [0.2, 0.25) is 5.88 Å². The summed E-state index contributed by atoms with van der Waals surface area (Å²) in [4.78, 5) is 8.78. The van der Waals surface area contributed by atoms with E-state index in [0.717, 1.165) is 27.3 Å². The number of hydrogen-bond acceptors (Lipinski definition) is 3. The Morgan fingerprint density at radius 3 is 2.25 bits per heavy atom. The van der Waals surface area contributed by atoms with Gasteiger partial charge in [-0.05, 0) is 53.0 Å². The fourth-order valence-electron chi connectivity index (χ4n) is 1.89. The Hall–Kier alpha value is -1.13. The number of hydrogen-bond donors (Lipinski definition) is 0. The van der Waals surface area contributed by atoms with Crippen molar-refractivity contribution in [3.05, 3.63) is 44.8 Å². The fraction of sp³-hybridized carbons (Fsp3) is 0.333. The van der Waals surface area contributed by atoms with Crippen molar-refractivity contribution < 1.29 is 4.74 Å². The van der Waals surface area contributed by atoms with Crippen LogP contribution in [-0.2, 0) is 0 Å². The second-order valence-electron chi connectivity index (χ2n) is 5.01. The van der Waals surface area contributed by atoms with Crippen molar-refractivity contribution in [2.75, 3.05) is 0 Å². The van der Waals surface area contributed by atoms with Gasteiger partial charge in [-0.1, -0.05) is 25.4 Å². The molecule has 0 aliphatic heterocycles. The van der Waals surface area contributed by atoms with Gasteiger partial charge in [0.25, 0.3) is 0 Å². The van der Waals surface area contributed by atoms with Crippen molar-refractivity contribution in [2.24, 2.45) is 0 Å². The first-order valence-electron chi connectivity index (χ1n) is 6.36. The zero-order valence-corrected chi connectivity index (χ0v) is 14.2. The molecule has 0 aliphatic rings. The van der Waals surface area contributed by atoms with Crippen molar-refractivity contribution in [1.82, 2.24) is 9.97 Å². The summed E-state index contributed by atoms with van der Waals surface area (Å²) in [7, 11) is 0. The molecule has 0 saturated carbocycles. The van der Waals surface area contributed by atoms with Gasteiger partial charge in [-0.3, -0.25) is 0 Å². The van der Waals surface area contributed by atoms with E-state index >= 15 is 0 Å². The second-order valence-corrected chi connectivity index (χ2v) is 6.26. The molecule has 1 heterocycles. The van der Waals surface area contributed by atoms with Crippen molar-refractivity contribution >= 4 is 27.5 Å². The van der Waals surface area contributed by atoms with E-state index in [1.807, 2.05) is 39.8 Å². The van der Waals surface area contributed by atoms with E-state index in [-0.39, 0.29) is 5.92 Å². The lowest BCUT2D eigenvalue weighted by molar-refractivity contribution is 0.449. The molecular formula is C15H16BrClN2O. The highest BCUT2D eigenvalue weighted by Crippen LogP contribution is 2.31. The molecule has 3 nitrogen and oxygen atoms in total. The SMILES string of the molecule is Cc1cc(Cl)cc(C)c1Oc1cc(Br)nc(C(C)C)n1. The zero-order valence-electron chi connectivity index (χ0n) is 11.9. The standard InChI is InChI=1S/C15H16BrClN2O/c1-8(2)15-18-12(16)7-13(19-15)20-14-9(3)5-11(17)6-10(14)4/h5-8H,1-4H3. The van der Waals surface area contributed by atoms with Gasteiger partial charge in [0, 0.05) is 17.0 Å². The molecule has 0 bridgehead atoms. The highest BCUT2D eigenvalue weighted by molar-refractivity contribution is 9.10. The van der Waals surface area contributed by atoms with Gasteiger partial charge in [-0.25, -0.2) is 4.98 Å². The number of rotatable bonds is 3. The van der Waals surface area contributed by atoms with Crippen molar-refractivity contribution in [3.63, 3.8) is 0 Å². The summed E-state index contributed by atoms with van der Waals surface area (Å²) in [5, 5.41) is 0.707. The van der Waals surface area contributed by atoms with Crippen molar-refractivity contribution in [2.45, 2.75) is 33.6 Å². The Balaban J connectivity index is 2.40. The normalized spacial score (nSPS) is 10.9. The van der Waals surface area contributed by atoms with Crippen LogP contribution in [0.4, 0.5) is 0 Å². The molecule has 5 heteroatoms. The van der Waals surface area contributed by atoms with Crippen molar-refractivity contribution in [1.29, 1.82) is 0 Å². The van der Waals surface area contributed by atoms with Crippen LogP contribution in [0.25, 0.3) is 0 Å². The molecule has 106 valence electrons. The molecule has 0 N–H and O–H groups in total. The van der Waals surface area contributed by atoms with E-state index in [9.17, 15) is 0 Å². The fourth-order valence-corrected chi connectivity index (χ4v) is 2.59. The molecule has 0 spiro atoms. The van der Waals surface area contributed by atoms with Gasteiger partial charge >= 0.3 is 0 Å². The third-order valence-corrected chi connectivity index (χ3v) is 3.46. The van der Waals surface area contributed by atoms with Crippen LogP contribution in [0.15, 0.2) is 22.8 Å². The largest absolute Gasteiger partial charge is 0.438 e. The molecule has 0 aliphatic carbocycles. The zero-order chi connectivity index (χ0) is 14.9. The lowest BCUT2D eigenvalue weighted by Crippen LogP contribution is -2.01. The second kappa shape index (κ2) is 6.10. The minimum atomic E-state index is 0.238. The lowest BCUT2D eigenvalue weighted by atomic mass is 10.1. The molecule has 0 fully saturated rings. The lowest BCUT2D eigenvalue weighted by Gasteiger charge is -2.13. The van der Waals surface area contributed by atoms with Crippen LogP contribution in [0.2, 0.25) is 5.02 Å². The molecule has 2 aromatic rings. The minimum absolute atomic E-state index is 0.238. The van der Waals surface area contributed by atoms with Crippen LogP contribution >= 0.6 is 27.5 Å². The summed E-state index contributed by atoms with van der Waals surface area (Å²) in [6.45, 7) is 8.02. The number of aryl methyl sites for hydroxylation is 2. The third-order valence-electron chi connectivity index (χ3n) is 2.84. The first-order valence-corrected chi connectivity index (χ1v) is 7.53. The molecule has 1 aromatic heterocycles. The van der Waals surface area contributed by atoms with Crippen LogP contribution in [0.5, 0.6) is 11.6 Å². The van der Waals surface area contributed by atoms with Gasteiger partial charge in [-0.15, -0.1) is 0 Å². The van der Waals surface area contributed by atoms with E-state index < -0.39 is 0 Å². The average Bonchev–Trinajstić information content (AvgIpc) is 2.33. The van der Waals surface area contributed by atoms with Gasteiger partial charge < -0.3 is 4.74 Å². The van der Waals surface area contributed by atoms with E-state index in [4.69, 9.17) is 16.3 Å². The molecule has 0 saturated heterocycles. The third kappa shape index (κ3) is 3.49. The average molecular weight is 356 g/mol. The Labute approximate surface area is 132 Å². The topological polar surface area (TPSA) is 35.0 Å². The van der Waals surface area contributed by atoms with Crippen LogP contribution in [0.1, 0.15) is 36.7 Å². The summed E-state index contributed by atoms with van der Waals surface area (Å²) < 4.78 is 6.64. The molecule has 0 unspecified atom stereocenters. The van der Waals surface area contributed by atoms with E-state index in [2.05, 4.69) is 25.9 Å². The molecule has 0 amide bonds. The number of halogens is 2. The molecule has 1 aromatic carbocycles. The summed E-state index contributed by atoms with van der Waals surface area (Å²) in [6.07, 6.45) is 0. The molecule has 2 rings (SSSR count). The Morgan fingerprint density at radius 2 is 1.70 bits per heavy atom. The molecular weight excluding hydrogens is 340 g/mol. The first kappa shape index (κ1) is 15.3. The van der Waals surface area contributed by atoms with Gasteiger partial charge in [0.05, 0.1) is 0 Å². The molecule has 0 radical (unpaired) electrons. The quantitative estimate of drug-likeness (QED) is 0.689. The predicted octanol–water partition coefficient (Wildman–Crippen LogP) is 5.43. The monoisotopic (exact) mass is 354 g/mol. The number of nitrogens with zero attached hydrogens (tertiary/aromatic N) is 2. The summed E-state index contributed by atoms with van der Waals surface area (Å²) in [5.74, 6) is 2.31. The van der Waals surface area contributed by atoms with Crippen LogP contribution < -0.4 is 4.74 Å². The summed E-state index contributed by atoms with van der Waals surface area (Å²) in [5.41, 5.74) is 1.96. The maximum Gasteiger partial charge on any atom is 0.223 e. The van der Waals surface area contributed by atoms with Gasteiger partial charge in [0.15, 0.2) is 0 Å². The Morgan fingerprint density at radius 1 is 1.10 bits per heavy atom. The van der Waals surface area contributed by atoms with E-state index in [0.29, 0.717) is 10.9 Å². The predicted molar refractivity (Wildman–Crippen MR) is 84.8 cm³/mol. The smallest absolute Gasteiger partial charge is 0.223 e. The number of benzene rings is 1. The van der Waals surface area contributed by atoms with Gasteiger partial charge in [-0.2, -0.15) is 4.98 Å². The van der Waals surface area contributed by atoms with Gasteiger partial charge in [0.1, 0.15) is 16.2 Å². The molecule has 20 heavy (non-hydrogen) atoms. The minimum Gasteiger partial charge on any atom is -0.438 e. The Bertz CT molecular complexity index is 621. The maximum atomic E-state index is 6.03. The maximum absolute atomic E-state index is 6.03. The molecule has 0 atom stereocenters. The highest BCUT2D eigenvalue weighted by Gasteiger charge is 2.11. The van der Waals surface area contributed by atoms with Crippen LogP contribution in [0, 0.1) is 13.8 Å². The van der Waals surface area contributed by atoms with E-state index in [1.165, 1.54) is 0 Å². The van der Waals surface area contributed by atoms with Crippen LogP contribution in [-0.4, -0.2) is 9.97 Å². The number of ether oxygens (including phenoxy) is 1. The van der Waals surface area contributed by atoms with Crippen molar-refractivity contribution in [3.8, 4) is 11.6 Å². The number of aromatic nitrogens is 2. The Kier molecular flexibility index (Phi) is 4.66. The van der Waals surface area contributed by atoms with Crippen LogP contribution in [0.3, 0.4) is 0 Å². The summed E-state index contributed by atoms with van der Waals surface area (Å²) in [6, 6.07) is 5.52. The highest BCUT2D eigenvalue weighted by atomic mass is 79.9. The van der Waals surface area contributed by atoms with E-state index in [1.54, 1.807) is 6.07 Å². The summed E-state index contributed by atoms with van der Waals surface area (Å²) >= 11 is 9.42.